The lowest BCUT2D eigenvalue weighted by molar-refractivity contribution is 0.472. The van der Waals surface area contributed by atoms with Crippen LogP contribution in [0, 0.1) is 13.8 Å². The molecule has 0 aliphatic carbocycles. The van der Waals surface area contributed by atoms with Gasteiger partial charge in [-0.3, -0.25) is 0 Å². The Morgan fingerprint density at radius 3 is 2.11 bits per heavy atom. The molecule has 0 saturated heterocycles. The summed E-state index contributed by atoms with van der Waals surface area (Å²) in [7, 11) is 0. The van der Waals surface area contributed by atoms with Crippen molar-refractivity contribution in [2.45, 2.75) is 33.1 Å². The van der Waals surface area contributed by atoms with Crippen molar-refractivity contribution in [3.8, 4) is 5.75 Å². The summed E-state index contributed by atoms with van der Waals surface area (Å²) in [5, 5.41) is 9.76. The smallest absolute Gasteiger partial charge is 0.116 e. The van der Waals surface area contributed by atoms with E-state index in [-0.39, 0.29) is 5.41 Å². The molecule has 1 N–H and O–H groups in total. The number of hydrogen-bond donors (Lipinski definition) is 1. The van der Waals surface area contributed by atoms with Crippen LogP contribution in [0.3, 0.4) is 0 Å². The van der Waals surface area contributed by atoms with Crippen LogP contribution in [0.15, 0.2) is 42.5 Å². The summed E-state index contributed by atoms with van der Waals surface area (Å²) >= 11 is 0. The van der Waals surface area contributed by atoms with Crippen LogP contribution in [-0.2, 0) is 5.41 Å². The lowest BCUT2D eigenvalue weighted by atomic mass is 9.77. The molecular formula is C17H20O. The van der Waals surface area contributed by atoms with Gasteiger partial charge in [0.15, 0.2) is 0 Å². The van der Waals surface area contributed by atoms with E-state index in [0.717, 1.165) is 11.1 Å². The quantitative estimate of drug-likeness (QED) is 0.828. The van der Waals surface area contributed by atoms with Gasteiger partial charge in [0.1, 0.15) is 5.75 Å². The molecule has 0 unspecified atom stereocenters. The molecule has 0 heterocycles. The summed E-state index contributed by atoms with van der Waals surface area (Å²) in [6.07, 6.45) is 0. The maximum Gasteiger partial charge on any atom is 0.116 e. The maximum absolute atomic E-state index is 9.76. The molecule has 0 aromatic heterocycles. The first-order valence-corrected chi connectivity index (χ1v) is 6.28. The van der Waals surface area contributed by atoms with E-state index in [1.165, 1.54) is 11.1 Å². The van der Waals surface area contributed by atoms with Crippen molar-refractivity contribution in [2.75, 3.05) is 0 Å². The van der Waals surface area contributed by atoms with Crippen molar-refractivity contribution < 1.29 is 5.11 Å². The van der Waals surface area contributed by atoms with Crippen molar-refractivity contribution in [2.24, 2.45) is 0 Å². The molecule has 0 spiro atoms. The van der Waals surface area contributed by atoms with Gasteiger partial charge >= 0.3 is 0 Å². The summed E-state index contributed by atoms with van der Waals surface area (Å²) in [6.45, 7) is 8.49. The normalized spacial score (nSPS) is 11.6. The van der Waals surface area contributed by atoms with Gasteiger partial charge in [-0.25, -0.2) is 0 Å². The Bertz CT molecular complexity index is 547. The minimum Gasteiger partial charge on any atom is -0.508 e. The van der Waals surface area contributed by atoms with Crippen molar-refractivity contribution in [3.63, 3.8) is 0 Å². The molecule has 2 rings (SSSR count). The molecule has 2 aromatic rings. The highest BCUT2D eigenvalue weighted by molar-refractivity contribution is 5.43. The van der Waals surface area contributed by atoms with E-state index in [4.69, 9.17) is 0 Å². The Hall–Kier alpha value is -1.76. The van der Waals surface area contributed by atoms with E-state index in [1.54, 1.807) is 6.07 Å². The molecule has 0 saturated carbocycles. The third-order valence-corrected chi connectivity index (χ3v) is 3.52. The number of aromatic hydroxyl groups is 1. The fourth-order valence-corrected chi connectivity index (χ4v) is 2.32. The number of benzene rings is 2. The Kier molecular flexibility index (Phi) is 3.16. The first-order chi connectivity index (χ1) is 8.39. The van der Waals surface area contributed by atoms with Gasteiger partial charge in [0.25, 0.3) is 0 Å². The highest BCUT2D eigenvalue weighted by Crippen LogP contribution is 2.34. The summed E-state index contributed by atoms with van der Waals surface area (Å²) < 4.78 is 0. The van der Waals surface area contributed by atoms with Crippen LogP contribution in [-0.4, -0.2) is 5.11 Å². The monoisotopic (exact) mass is 240 g/mol. The number of aryl methyl sites for hydroxylation is 2. The van der Waals surface area contributed by atoms with Crippen LogP contribution in [0.1, 0.15) is 36.1 Å². The predicted octanol–water partition coefficient (Wildman–Crippen LogP) is 4.33. The molecule has 2 aromatic carbocycles. The lowest BCUT2D eigenvalue weighted by Gasteiger charge is -2.27. The Morgan fingerprint density at radius 2 is 1.50 bits per heavy atom. The van der Waals surface area contributed by atoms with E-state index in [2.05, 4.69) is 51.1 Å². The maximum atomic E-state index is 9.76. The van der Waals surface area contributed by atoms with Gasteiger partial charge < -0.3 is 5.11 Å². The Labute approximate surface area is 109 Å². The van der Waals surface area contributed by atoms with Gasteiger partial charge in [-0.2, -0.15) is 0 Å². The third kappa shape index (κ3) is 2.40. The van der Waals surface area contributed by atoms with Crippen LogP contribution in [0.2, 0.25) is 0 Å². The largest absolute Gasteiger partial charge is 0.508 e. The van der Waals surface area contributed by atoms with Crippen molar-refractivity contribution in [1.82, 2.24) is 0 Å². The fraction of sp³-hybridized carbons (Fsp3) is 0.294. The average molecular weight is 240 g/mol. The summed E-state index contributed by atoms with van der Waals surface area (Å²) in [5.41, 5.74) is 4.66. The van der Waals surface area contributed by atoms with Crippen LogP contribution in [0.25, 0.3) is 0 Å². The zero-order valence-electron chi connectivity index (χ0n) is 11.5. The molecule has 1 heteroatoms. The minimum atomic E-state index is -0.102. The van der Waals surface area contributed by atoms with E-state index in [1.807, 2.05) is 13.0 Å². The Balaban J connectivity index is 2.53. The minimum absolute atomic E-state index is 0.102. The molecule has 0 aliphatic rings. The molecule has 1 nitrogen and oxygen atoms in total. The van der Waals surface area contributed by atoms with Gasteiger partial charge in [0.2, 0.25) is 0 Å². The SMILES string of the molecule is Cc1cccc(C(C)(C)c2cc(C)cc(O)c2)c1. The zero-order valence-corrected chi connectivity index (χ0v) is 11.5. The fourth-order valence-electron chi connectivity index (χ4n) is 2.32. The van der Waals surface area contributed by atoms with Gasteiger partial charge in [-0.15, -0.1) is 0 Å². The average Bonchev–Trinajstić information content (AvgIpc) is 2.27. The second-order valence-corrected chi connectivity index (χ2v) is 5.55. The van der Waals surface area contributed by atoms with Crippen molar-refractivity contribution in [1.29, 1.82) is 0 Å². The number of hydrogen-bond acceptors (Lipinski definition) is 1. The van der Waals surface area contributed by atoms with E-state index < -0.39 is 0 Å². The second kappa shape index (κ2) is 4.49. The van der Waals surface area contributed by atoms with Crippen molar-refractivity contribution >= 4 is 0 Å². The molecule has 0 fully saturated rings. The summed E-state index contributed by atoms with van der Waals surface area (Å²) in [6, 6.07) is 14.3. The van der Waals surface area contributed by atoms with E-state index in [9.17, 15) is 5.11 Å². The summed E-state index contributed by atoms with van der Waals surface area (Å²) in [5.74, 6) is 0.339. The van der Waals surface area contributed by atoms with E-state index >= 15 is 0 Å². The first-order valence-electron chi connectivity index (χ1n) is 6.28. The number of phenols is 1. The van der Waals surface area contributed by atoms with Crippen LogP contribution in [0.4, 0.5) is 0 Å². The van der Waals surface area contributed by atoms with Crippen LogP contribution >= 0.6 is 0 Å². The molecule has 0 radical (unpaired) electrons. The van der Waals surface area contributed by atoms with Gasteiger partial charge in [-0.1, -0.05) is 49.7 Å². The molecule has 0 bridgehead atoms. The number of phenolic OH excluding ortho intramolecular Hbond substituents is 1. The van der Waals surface area contributed by atoms with Gasteiger partial charge in [-0.05, 0) is 42.7 Å². The van der Waals surface area contributed by atoms with Crippen molar-refractivity contribution in [3.05, 3.63) is 64.7 Å². The molecule has 94 valence electrons. The molecular weight excluding hydrogens is 220 g/mol. The lowest BCUT2D eigenvalue weighted by Crippen LogP contribution is -2.19. The Morgan fingerprint density at radius 1 is 0.833 bits per heavy atom. The molecule has 0 atom stereocenters. The predicted molar refractivity (Wildman–Crippen MR) is 76.2 cm³/mol. The first kappa shape index (κ1) is 12.7. The third-order valence-electron chi connectivity index (χ3n) is 3.52. The second-order valence-electron chi connectivity index (χ2n) is 5.55. The standard InChI is InChI=1S/C17H20O/c1-12-6-5-7-14(8-12)17(3,4)15-9-13(2)10-16(18)11-15/h5-11,18H,1-4H3. The van der Waals surface area contributed by atoms with Gasteiger partial charge in [0.05, 0.1) is 0 Å². The van der Waals surface area contributed by atoms with Crippen LogP contribution in [0.5, 0.6) is 5.75 Å². The topological polar surface area (TPSA) is 20.2 Å². The van der Waals surface area contributed by atoms with Crippen LogP contribution < -0.4 is 0 Å². The van der Waals surface area contributed by atoms with Gasteiger partial charge in [0, 0.05) is 5.41 Å². The molecule has 0 amide bonds. The summed E-state index contributed by atoms with van der Waals surface area (Å²) in [4.78, 5) is 0. The van der Waals surface area contributed by atoms with E-state index in [0.29, 0.717) is 5.75 Å². The zero-order chi connectivity index (χ0) is 13.3. The molecule has 0 aliphatic heterocycles. The highest BCUT2D eigenvalue weighted by atomic mass is 16.3. The number of rotatable bonds is 2. The highest BCUT2D eigenvalue weighted by Gasteiger charge is 2.23. The molecule has 18 heavy (non-hydrogen) atoms.